The molecule has 1 unspecified atom stereocenters. The van der Waals surface area contributed by atoms with E-state index in [1.165, 1.54) is 5.69 Å². The summed E-state index contributed by atoms with van der Waals surface area (Å²) < 4.78 is 7.80. The number of hydrogen-bond acceptors (Lipinski definition) is 3. The van der Waals surface area contributed by atoms with Crippen LogP contribution in [0.15, 0.2) is 46.1 Å². The Morgan fingerprint density at radius 3 is 2.50 bits per heavy atom. The van der Waals surface area contributed by atoms with Crippen molar-refractivity contribution in [2.24, 2.45) is 12.0 Å². The highest BCUT2D eigenvalue weighted by molar-refractivity contribution is 14.0. The van der Waals surface area contributed by atoms with Crippen molar-refractivity contribution in [3.05, 3.63) is 48.2 Å². The quantitative estimate of drug-likeness (QED) is 0.363. The number of halogens is 1. The molecule has 0 aliphatic heterocycles. The molecule has 26 heavy (non-hydrogen) atoms. The molecular formula is C19H32IN5O. The van der Waals surface area contributed by atoms with Gasteiger partial charge in [-0.15, -0.1) is 24.0 Å². The van der Waals surface area contributed by atoms with Gasteiger partial charge in [-0.2, -0.15) is 0 Å². The molecule has 1 atom stereocenters. The van der Waals surface area contributed by atoms with Crippen LogP contribution in [0, 0.1) is 0 Å². The van der Waals surface area contributed by atoms with Crippen LogP contribution < -0.4 is 5.32 Å². The van der Waals surface area contributed by atoms with Crippen molar-refractivity contribution >= 4 is 29.9 Å². The highest BCUT2D eigenvalue weighted by Gasteiger charge is 2.21. The SMILES string of the molecule is CCN(CC)C(CNC(=NC)N(C)Cc1cccn1C)c1ccco1.I. The van der Waals surface area contributed by atoms with E-state index in [-0.39, 0.29) is 30.0 Å². The minimum absolute atomic E-state index is 0. The van der Waals surface area contributed by atoms with Gasteiger partial charge in [0.2, 0.25) is 0 Å². The molecule has 0 fully saturated rings. The average molecular weight is 473 g/mol. The smallest absolute Gasteiger partial charge is 0.193 e. The number of nitrogens with one attached hydrogen (secondary N) is 1. The summed E-state index contributed by atoms with van der Waals surface area (Å²) in [5.74, 6) is 1.86. The summed E-state index contributed by atoms with van der Waals surface area (Å²) in [6, 6.07) is 8.37. The summed E-state index contributed by atoms with van der Waals surface area (Å²) in [7, 11) is 5.94. The predicted molar refractivity (Wildman–Crippen MR) is 118 cm³/mol. The van der Waals surface area contributed by atoms with Crippen molar-refractivity contribution in [1.29, 1.82) is 0 Å². The molecule has 6 nitrogen and oxygen atoms in total. The molecule has 146 valence electrons. The number of rotatable bonds is 8. The van der Waals surface area contributed by atoms with E-state index in [2.05, 4.69) is 70.9 Å². The van der Waals surface area contributed by atoms with Gasteiger partial charge in [-0.05, 0) is 37.4 Å². The number of hydrogen-bond donors (Lipinski definition) is 1. The third-order valence-electron chi connectivity index (χ3n) is 4.60. The highest BCUT2D eigenvalue weighted by atomic mass is 127. The second-order valence-corrected chi connectivity index (χ2v) is 6.15. The van der Waals surface area contributed by atoms with Gasteiger partial charge in [-0.3, -0.25) is 9.89 Å². The van der Waals surface area contributed by atoms with E-state index >= 15 is 0 Å². The summed E-state index contributed by atoms with van der Waals surface area (Å²) in [4.78, 5) is 8.96. The van der Waals surface area contributed by atoms with Crippen LogP contribution in [0.4, 0.5) is 0 Å². The van der Waals surface area contributed by atoms with Crippen LogP contribution in [0.25, 0.3) is 0 Å². The number of aliphatic imine (C=N–C) groups is 1. The number of aryl methyl sites for hydroxylation is 1. The summed E-state index contributed by atoms with van der Waals surface area (Å²) in [5, 5.41) is 3.50. The van der Waals surface area contributed by atoms with Crippen molar-refractivity contribution in [2.75, 3.05) is 33.7 Å². The summed E-state index contributed by atoms with van der Waals surface area (Å²) >= 11 is 0. The van der Waals surface area contributed by atoms with Gasteiger partial charge in [-0.25, -0.2) is 0 Å². The van der Waals surface area contributed by atoms with E-state index in [1.807, 2.05) is 19.2 Å². The Kier molecular flexibility index (Phi) is 9.79. The fourth-order valence-corrected chi connectivity index (χ4v) is 3.11. The fraction of sp³-hybridized carbons (Fsp3) is 0.526. The zero-order chi connectivity index (χ0) is 18.2. The molecule has 1 N–H and O–H groups in total. The van der Waals surface area contributed by atoms with Gasteiger partial charge >= 0.3 is 0 Å². The maximum atomic E-state index is 5.67. The van der Waals surface area contributed by atoms with Crippen molar-refractivity contribution in [3.63, 3.8) is 0 Å². The van der Waals surface area contributed by atoms with Crippen molar-refractivity contribution in [3.8, 4) is 0 Å². The first kappa shape index (κ1) is 22.6. The van der Waals surface area contributed by atoms with E-state index in [9.17, 15) is 0 Å². The zero-order valence-electron chi connectivity index (χ0n) is 16.5. The lowest BCUT2D eigenvalue weighted by Gasteiger charge is -2.30. The second-order valence-electron chi connectivity index (χ2n) is 6.15. The number of nitrogens with zero attached hydrogens (tertiary/aromatic N) is 4. The molecule has 7 heteroatoms. The molecule has 0 amide bonds. The van der Waals surface area contributed by atoms with E-state index < -0.39 is 0 Å². The molecule has 0 saturated heterocycles. The molecule has 0 aliphatic rings. The van der Waals surface area contributed by atoms with E-state index in [0.29, 0.717) is 0 Å². The number of guanidine groups is 1. The van der Waals surface area contributed by atoms with Crippen molar-refractivity contribution in [2.45, 2.75) is 26.4 Å². The van der Waals surface area contributed by atoms with Gasteiger partial charge in [0, 0.05) is 39.6 Å². The van der Waals surface area contributed by atoms with E-state index in [0.717, 1.165) is 37.9 Å². The Bertz CT molecular complexity index is 649. The average Bonchev–Trinajstić information content (AvgIpc) is 3.27. The Morgan fingerprint density at radius 2 is 2.00 bits per heavy atom. The Labute approximate surface area is 174 Å². The molecule has 2 rings (SSSR count). The standard InChI is InChI=1S/C19H31N5O.HI/c1-6-24(7-2)17(18-11-9-13-25-18)14-21-19(20-3)23(5)15-16-10-8-12-22(16)4;/h8-13,17H,6-7,14-15H2,1-5H3,(H,20,21);1H. The summed E-state index contributed by atoms with van der Waals surface area (Å²) in [5.41, 5.74) is 1.25. The monoisotopic (exact) mass is 473 g/mol. The van der Waals surface area contributed by atoms with Gasteiger partial charge < -0.3 is 19.2 Å². The molecule has 2 heterocycles. The molecule has 2 aromatic rings. The van der Waals surface area contributed by atoms with Crippen LogP contribution in [0.5, 0.6) is 0 Å². The molecule has 0 aromatic carbocycles. The Balaban J connectivity index is 0.00000338. The van der Waals surface area contributed by atoms with Crippen LogP contribution in [0.3, 0.4) is 0 Å². The third kappa shape index (κ3) is 5.77. The fourth-order valence-electron chi connectivity index (χ4n) is 3.11. The topological polar surface area (TPSA) is 48.9 Å². The first-order valence-corrected chi connectivity index (χ1v) is 8.90. The van der Waals surface area contributed by atoms with Crippen LogP contribution in [0.2, 0.25) is 0 Å². The predicted octanol–water partition coefficient (Wildman–Crippen LogP) is 3.33. The first-order chi connectivity index (χ1) is 12.1. The molecule has 0 aliphatic carbocycles. The van der Waals surface area contributed by atoms with Crippen molar-refractivity contribution < 1.29 is 4.42 Å². The van der Waals surface area contributed by atoms with Crippen LogP contribution in [-0.4, -0.2) is 54.1 Å². The molecule has 0 saturated carbocycles. The van der Waals surface area contributed by atoms with Gasteiger partial charge in [-0.1, -0.05) is 13.8 Å². The molecule has 0 spiro atoms. The van der Waals surface area contributed by atoms with E-state index in [1.54, 1.807) is 6.26 Å². The van der Waals surface area contributed by atoms with Gasteiger partial charge in [0.1, 0.15) is 5.76 Å². The van der Waals surface area contributed by atoms with Gasteiger partial charge in [0.05, 0.1) is 18.8 Å². The zero-order valence-corrected chi connectivity index (χ0v) is 18.8. The number of aromatic nitrogens is 1. The molecule has 2 aromatic heterocycles. The Hall–Kier alpha value is -1.48. The maximum Gasteiger partial charge on any atom is 0.193 e. The molecular weight excluding hydrogens is 441 g/mol. The number of likely N-dealkylation sites (N-methyl/N-ethyl adjacent to an activating group) is 1. The largest absolute Gasteiger partial charge is 0.468 e. The number of furan rings is 1. The summed E-state index contributed by atoms with van der Waals surface area (Å²) in [6.45, 7) is 7.85. The minimum Gasteiger partial charge on any atom is -0.468 e. The third-order valence-corrected chi connectivity index (χ3v) is 4.60. The lowest BCUT2D eigenvalue weighted by atomic mass is 10.2. The molecule has 0 bridgehead atoms. The minimum atomic E-state index is 0. The lowest BCUT2D eigenvalue weighted by molar-refractivity contribution is 0.192. The first-order valence-electron chi connectivity index (χ1n) is 8.90. The molecule has 0 radical (unpaired) electrons. The van der Waals surface area contributed by atoms with Crippen LogP contribution in [0.1, 0.15) is 31.3 Å². The summed E-state index contributed by atoms with van der Waals surface area (Å²) in [6.07, 6.45) is 3.80. The second kappa shape index (κ2) is 11.3. The Morgan fingerprint density at radius 1 is 1.27 bits per heavy atom. The normalized spacial score (nSPS) is 12.8. The van der Waals surface area contributed by atoms with Crippen LogP contribution >= 0.6 is 24.0 Å². The lowest BCUT2D eigenvalue weighted by Crippen LogP contribution is -2.43. The van der Waals surface area contributed by atoms with Crippen molar-refractivity contribution in [1.82, 2.24) is 19.7 Å². The van der Waals surface area contributed by atoms with Gasteiger partial charge in [0.15, 0.2) is 5.96 Å². The van der Waals surface area contributed by atoms with E-state index in [4.69, 9.17) is 4.42 Å². The van der Waals surface area contributed by atoms with Crippen LogP contribution in [-0.2, 0) is 13.6 Å². The highest BCUT2D eigenvalue weighted by Crippen LogP contribution is 2.20. The van der Waals surface area contributed by atoms with Gasteiger partial charge in [0.25, 0.3) is 0 Å². The maximum absolute atomic E-state index is 5.67.